The maximum Gasteiger partial charge on any atom is 0.343 e. The molecule has 7 nitrogen and oxygen atoms in total. The van der Waals surface area contributed by atoms with E-state index < -0.39 is 5.97 Å². The van der Waals surface area contributed by atoms with Crippen LogP contribution in [0.3, 0.4) is 0 Å². The van der Waals surface area contributed by atoms with Gasteiger partial charge in [-0.25, -0.2) is 4.79 Å². The first-order valence-electron chi connectivity index (χ1n) is 8.27. The topological polar surface area (TPSA) is 84.2 Å². The van der Waals surface area contributed by atoms with Gasteiger partial charge in [0.25, 0.3) is 0 Å². The van der Waals surface area contributed by atoms with Crippen LogP contribution in [0.2, 0.25) is 0 Å². The standard InChI is InChI=1S/C20H18O7/c1-3-24-15-6-4-5-7-16(15)27-18-11-26-17-10-13(25-12-19(21)23-2)8-9-14(17)20(18)22/h4-11H,3,12H2,1-2H3. The van der Waals surface area contributed by atoms with E-state index in [9.17, 15) is 9.59 Å². The Morgan fingerprint density at radius 1 is 1.04 bits per heavy atom. The summed E-state index contributed by atoms with van der Waals surface area (Å²) in [6.07, 6.45) is 1.23. The van der Waals surface area contributed by atoms with Gasteiger partial charge in [0.05, 0.1) is 19.1 Å². The molecule has 3 rings (SSSR count). The van der Waals surface area contributed by atoms with Gasteiger partial charge in [-0.1, -0.05) is 12.1 Å². The molecule has 0 bridgehead atoms. The van der Waals surface area contributed by atoms with E-state index in [2.05, 4.69) is 4.74 Å². The van der Waals surface area contributed by atoms with Crippen LogP contribution in [0, 0.1) is 0 Å². The molecule has 0 atom stereocenters. The third kappa shape index (κ3) is 4.20. The van der Waals surface area contributed by atoms with Crippen molar-refractivity contribution in [2.24, 2.45) is 0 Å². The van der Waals surface area contributed by atoms with E-state index in [1.165, 1.54) is 19.4 Å². The number of hydrogen-bond acceptors (Lipinski definition) is 7. The van der Waals surface area contributed by atoms with E-state index in [1.54, 1.807) is 30.3 Å². The Bertz CT molecular complexity index is 1010. The van der Waals surface area contributed by atoms with Crippen LogP contribution in [0.15, 0.2) is 57.9 Å². The third-order valence-corrected chi connectivity index (χ3v) is 3.67. The Morgan fingerprint density at radius 3 is 2.56 bits per heavy atom. The van der Waals surface area contributed by atoms with E-state index in [-0.39, 0.29) is 17.8 Å². The van der Waals surface area contributed by atoms with E-state index in [4.69, 9.17) is 18.6 Å². The maximum absolute atomic E-state index is 12.7. The Kier molecular flexibility index (Phi) is 5.61. The lowest BCUT2D eigenvalue weighted by Crippen LogP contribution is -2.12. The van der Waals surface area contributed by atoms with E-state index >= 15 is 0 Å². The number of fused-ring (bicyclic) bond motifs is 1. The molecule has 1 aromatic heterocycles. The first kappa shape index (κ1) is 18.3. The van der Waals surface area contributed by atoms with Gasteiger partial charge in [-0.2, -0.15) is 0 Å². The Balaban J connectivity index is 1.87. The van der Waals surface area contributed by atoms with Crippen LogP contribution in [0.25, 0.3) is 11.0 Å². The maximum atomic E-state index is 12.7. The number of methoxy groups -OCH3 is 1. The molecule has 3 aromatic rings. The lowest BCUT2D eigenvalue weighted by molar-refractivity contribution is -0.142. The number of esters is 1. The normalized spacial score (nSPS) is 10.4. The molecule has 0 spiro atoms. The molecular formula is C20H18O7. The second-order valence-corrected chi connectivity index (χ2v) is 5.43. The molecule has 0 aliphatic rings. The van der Waals surface area contributed by atoms with Crippen molar-refractivity contribution in [2.75, 3.05) is 20.3 Å². The molecule has 0 amide bonds. The van der Waals surface area contributed by atoms with E-state index in [0.29, 0.717) is 34.8 Å². The van der Waals surface area contributed by atoms with Crippen molar-refractivity contribution in [3.63, 3.8) is 0 Å². The Hall–Kier alpha value is -3.48. The second-order valence-electron chi connectivity index (χ2n) is 5.43. The van der Waals surface area contributed by atoms with Crippen molar-refractivity contribution in [3.8, 4) is 23.0 Å². The summed E-state index contributed by atoms with van der Waals surface area (Å²) in [5.74, 6) is 0.868. The molecule has 27 heavy (non-hydrogen) atoms. The minimum atomic E-state index is -0.506. The monoisotopic (exact) mass is 370 g/mol. The Morgan fingerprint density at radius 2 is 1.81 bits per heavy atom. The SMILES string of the molecule is CCOc1ccccc1Oc1coc2cc(OCC(=O)OC)ccc2c1=O. The molecule has 0 radical (unpaired) electrons. The fourth-order valence-corrected chi connectivity index (χ4v) is 2.38. The van der Waals surface area contributed by atoms with Gasteiger partial charge in [0, 0.05) is 6.07 Å². The van der Waals surface area contributed by atoms with Crippen molar-refractivity contribution in [2.45, 2.75) is 6.92 Å². The van der Waals surface area contributed by atoms with Crippen molar-refractivity contribution in [3.05, 3.63) is 59.0 Å². The summed E-state index contributed by atoms with van der Waals surface area (Å²) in [6, 6.07) is 11.7. The second kappa shape index (κ2) is 8.27. The van der Waals surface area contributed by atoms with Gasteiger partial charge in [0.15, 0.2) is 18.1 Å². The van der Waals surface area contributed by atoms with Crippen LogP contribution in [0.4, 0.5) is 0 Å². The van der Waals surface area contributed by atoms with Crippen molar-refractivity contribution in [1.82, 2.24) is 0 Å². The summed E-state index contributed by atoms with van der Waals surface area (Å²) >= 11 is 0. The number of hydrogen-bond donors (Lipinski definition) is 0. The van der Waals surface area contributed by atoms with Gasteiger partial charge in [-0.05, 0) is 31.2 Å². The molecule has 0 fully saturated rings. The number of ether oxygens (including phenoxy) is 4. The smallest absolute Gasteiger partial charge is 0.343 e. The number of para-hydroxylation sites is 2. The fourth-order valence-electron chi connectivity index (χ4n) is 2.38. The first-order valence-corrected chi connectivity index (χ1v) is 8.27. The molecule has 0 aliphatic heterocycles. The number of carbonyl (C=O) groups is 1. The van der Waals surface area contributed by atoms with Crippen LogP contribution < -0.4 is 19.6 Å². The lowest BCUT2D eigenvalue weighted by Gasteiger charge is -2.11. The summed E-state index contributed by atoms with van der Waals surface area (Å²) in [5, 5.41) is 0.326. The molecule has 1 heterocycles. The number of benzene rings is 2. The highest BCUT2D eigenvalue weighted by Crippen LogP contribution is 2.31. The van der Waals surface area contributed by atoms with Crippen LogP contribution in [-0.2, 0) is 9.53 Å². The van der Waals surface area contributed by atoms with Gasteiger partial charge >= 0.3 is 5.97 Å². The zero-order valence-electron chi connectivity index (χ0n) is 14.9. The molecule has 0 saturated carbocycles. The largest absolute Gasteiger partial charge is 0.490 e. The van der Waals surface area contributed by atoms with Gasteiger partial charge < -0.3 is 23.4 Å². The molecule has 140 valence electrons. The van der Waals surface area contributed by atoms with Gasteiger partial charge in [-0.3, -0.25) is 4.79 Å². The summed E-state index contributed by atoms with van der Waals surface area (Å²) in [6.45, 7) is 2.10. The zero-order chi connectivity index (χ0) is 19.2. The van der Waals surface area contributed by atoms with Crippen LogP contribution >= 0.6 is 0 Å². The molecule has 7 heteroatoms. The van der Waals surface area contributed by atoms with Crippen molar-refractivity contribution in [1.29, 1.82) is 0 Å². The predicted molar refractivity (Wildman–Crippen MR) is 97.7 cm³/mol. The Labute approximate surface area is 155 Å². The molecule has 0 unspecified atom stereocenters. The summed E-state index contributed by atoms with van der Waals surface area (Å²) in [5.41, 5.74) is -0.0186. The van der Waals surface area contributed by atoms with Crippen molar-refractivity contribution < 1.29 is 28.2 Å². The first-order chi connectivity index (χ1) is 13.1. The number of carbonyl (C=O) groups excluding carboxylic acids is 1. The molecule has 0 N–H and O–H groups in total. The fraction of sp³-hybridized carbons (Fsp3) is 0.200. The lowest BCUT2D eigenvalue weighted by atomic mass is 10.2. The van der Waals surface area contributed by atoms with Crippen LogP contribution in [0.5, 0.6) is 23.0 Å². The van der Waals surface area contributed by atoms with Crippen LogP contribution in [-0.4, -0.2) is 26.3 Å². The average molecular weight is 370 g/mol. The summed E-state index contributed by atoms with van der Waals surface area (Å²) in [4.78, 5) is 23.8. The zero-order valence-corrected chi connectivity index (χ0v) is 14.9. The number of rotatable bonds is 7. The molecule has 0 aliphatic carbocycles. The average Bonchev–Trinajstić information content (AvgIpc) is 2.69. The van der Waals surface area contributed by atoms with Crippen LogP contribution in [0.1, 0.15) is 6.92 Å². The van der Waals surface area contributed by atoms with E-state index in [0.717, 1.165) is 0 Å². The highest BCUT2D eigenvalue weighted by atomic mass is 16.6. The van der Waals surface area contributed by atoms with Gasteiger partial charge in [-0.15, -0.1) is 0 Å². The molecular weight excluding hydrogens is 352 g/mol. The minimum Gasteiger partial charge on any atom is -0.490 e. The predicted octanol–water partition coefficient (Wildman–Crippen LogP) is 3.54. The van der Waals surface area contributed by atoms with Gasteiger partial charge in [0.1, 0.15) is 17.6 Å². The molecule has 0 saturated heterocycles. The van der Waals surface area contributed by atoms with Crippen molar-refractivity contribution >= 4 is 16.9 Å². The highest BCUT2D eigenvalue weighted by Gasteiger charge is 2.13. The minimum absolute atomic E-state index is 0.0397. The molecule has 2 aromatic carbocycles. The third-order valence-electron chi connectivity index (χ3n) is 3.67. The van der Waals surface area contributed by atoms with Gasteiger partial charge in [0.2, 0.25) is 11.2 Å². The highest BCUT2D eigenvalue weighted by molar-refractivity contribution is 5.79. The van der Waals surface area contributed by atoms with E-state index in [1.807, 2.05) is 13.0 Å². The summed E-state index contributed by atoms with van der Waals surface area (Å²) < 4.78 is 26.5. The summed E-state index contributed by atoms with van der Waals surface area (Å²) in [7, 11) is 1.27. The quantitative estimate of drug-likeness (QED) is 0.588.